The summed E-state index contributed by atoms with van der Waals surface area (Å²) in [5.41, 5.74) is 0. The second kappa shape index (κ2) is 8.60. The molecule has 110 valence electrons. The third kappa shape index (κ3) is 5.33. The SMILES string of the molecule is C=CCCCCC1(CCC2OCCO2)SCCCS1. The van der Waals surface area contributed by atoms with Gasteiger partial charge in [-0.1, -0.05) is 12.5 Å². The number of hydrogen-bond donors (Lipinski definition) is 0. The van der Waals surface area contributed by atoms with E-state index in [2.05, 4.69) is 30.1 Å². The molecule has 0 spiro atoms. The average molecular weight is 303 g/mol. The Hall–Kier alpha value is 0.360. The lowest BCUT2D eigenvalue weighted by molar-refractivity contribution is -0.0481. The minimum Gasteiger partial charge on any atom is -0.350 e. The lowest BCUT2D eigenvalue weighted by Gasteiger charge is -2.37. The van der Waals surface area contributed by atoms with Crippen molar-refractivity contribution in [1.82, 2.24) is 0 Å². The minimum atomic E-state index is 0.0631. The van der Waals surface area contributed by atoms with E-state index in [1.54, 1.807) is 0 Å². The highest BCUT2D eigenvalue weighted by atomic mass is 32.2. The van der Waals surface area contributed by atoms with Crippen LogP contribution in [0.3, 0.4) is 0 Å². The maximum Gasteiger partial charge on any atom is 0.157 e. The van der Waals surface area contributed by atoms with Gasteiger partial charge in [-0.25, -0.2) is 0 Å². The molecule has 0 bridgehead atoms. The first-order chi connectivity index (χ1) is 9.35. The van der Waals surface area contributed by atoms with Crippen LogP contribution < -0.4 is 0 Å². The summed E-state index contributed by atoms with van der Waals surface area (Å²) in [6, 6.07) is 0. The molecule has 0 N–H and O–H groups in total. The molecular weight excluding hydrogens is 276 g/mol. The van der Waals surface area contributed by atoms with Crippen LogP contribution in [0.5, 0.6) is 0 Å². The van der Waals surface area contributed by atoms with Crippen LogP contribution in [0.2, 0.25) is 0 Å². The van der Waals surface area contributed by atoms with Crippen molar-refractivity contribution in [3.8, 4) is 0 Å². The van der Waals surface area contributed by atoms with Crippen LogP contribution in [0, 0.1) is 0 Å². The first kappa shape index (κ1) is 15.7. The summed E-state index contributed by atoms with van der Waals surface area (Å²) in [6.07, 6.45) is 10.8. The van der Waals surface area contributed by atoms with E-state index in [1.807, 2.05) is 6.08 Å². The number of rotatable bonds is 8. The van der Waals surface area contributed by atoms with Crippen LogP contribution in [0.1, 0.15) is 44.9 Å². The van der Waals surface area contributed by atoms with Gasteiger partial charge in [0, 0.05) is 6.42 Å². The zero-order chi connectivity index (χ0) is 13.4. The molecule has 0 amide bonds. The zero-order valence-electron chi connectivity index (χ0n) is 11.8. The molecule has 0 saturated carbocycles. The van der Waals surface area contributed by atoms with Crippen LogP contribution in [-0.2, 0) is 9.47 Å². The van der Waals surface area contributed by atoms with Gasteiger partial charge in [-0.05, 0) is 43.6 Å². The Labute approximate surface area is 126 Å². The van der Waals surface area contributed by atoms with Crippen molar-refractivity contribution >= 4 is 23.5 Å². The van der Waals surface area contributed by atoms with Crippen LogP contribution in [0.25, 0.3) is 0 Å². The molecule has 0 radical (unpaired) electrons. The molecule has 0 unspecified atom stereocenters. The molecule has 2 saturated heterocycles. The molecule has 2 aliphatic heterocycles. The van der Waals surface area contributed by atoms with E-state index in [0.717, 1.165) is 26.1 Å². The molecule has 2 heterocycles. The summed E-state index contributed by atoms with van der Waals surface area (Å²) in [6.45, 7) is 5.36. The summed E-state index contributed by atoms with van der Waals surface area (Å²) in [7, 11) is 0. The fraction of sp³-hybridized carbons (Fsp3) is 0.867. The minimum absolute atomic E-state index is 0.0631. The van der Waals surface area contributed by atoms with E-state index < -0.39 is 0 Å². The van der Waals surface area contributed by atoms with Gasteiger partial charge in [0.25, 0.3) is 0 Å². The van der Waals surface area contributed by atoms with Crippen molar-refractivity contribution in [2.45, 2.75) is 55.3 Å². The Kier molecular flexibility index (Phi) is 7.13. The Morgan fingerprint density at radius 1 is 1.11 bits per heavy atom. The molecule has 0 aromatic heterocycles. The van der Waals surface area contributed by atoms with Gasteiger partial charge in [-0.15, -0.1) is 30.1 Å². The molecule has 0 aliphatic carbocycles. The second-order valence-corrected chi connectivity index (χ2v) is 8.42. The Balaban J connectivity index is 1.77. The lowest BCUT2D eigenvalue weighted by atomic mass is 10.1. The standard InChI is InChI=1S/C15H26O2S2/c1-2-3-4-5-8-15(18-12-6-13-19-15)9-7-14-16-10-11-17-14/h2,14H,1,3-13H2. The monoisotopic (exact) mass is 302 g/mol. The van der Waals surface area contributed by atoms with E-state index >= 15 is 0 Å². The largest absolute Gasteiger partial charge is 0.350 e. The highest BCUT2D eigenvalue weighted by molar-refractivity contribution is 8.18. The topological polar surface area (TPSA) is 18.5 Å². The molecule has 4 heteroatoms. The number of ether oxygens (including phenoxy) is 2. The summed E-state index contributed by atoms with van der Waals surface area (Å²) < 4.78 is 11.6. The Morgan fingerprint density at radius 3 is 2.53 bits per heavy atom. The quantitative estimate of drug-likeness (QED) is 0.487. The molecule has 2 aliphatic rings. The Bertz CT molecular complexity index is 259. The molecule has 0 atom stereocenters. The van der Waals surface area contributed by atoms with E-state index in [9.17, 15) is 0 Å². The molecule has 19 heavy (non-hydrogen) atoms. The van der Waals surface area contributed by atoms with E-state index in [1.165, 1.54) is 43.6 Å². The van der Waals surface area contributed by atoms with Gasteiger partial charge in [0.15, 0.2) is 6.29 Å². The first-order valence-electron chi connectivity index (χ1n) is 7.47. The Morgan fingerprint density at radius 2 is 1.84 bits per heavy atom. The summed E-state index contributed by atoms with van der Waals surface area (Å²) in [5, 5.41) is 0. The fourth-order valence-electron chi connectivity index (χ4n) is 2.63. The molecule has 0 aromatic rings. The molecule has 2 fully saturated rings. The predicted octanol–water partition coefficient (Wildman–Crippen LogP) is 4.45. The smallest absolute Gasteiger partial charge is 0.157 e. The predicted molar refractivity (Wildman–Crippen MR) is 85.9 cm³/mol. The first-order valence-corrected chi connectivity index (χ1v) is 9.44. The van der Waals surface area contributed by atoms with Gasteiger partial charge in [0.2, 0.25) is 0 Å². The zero-order valence-corrected chi connectivity index (χ0v) is 13.4. The van der Waals surface area contributed by atoms with Gasteiger partial charge in [-0.3, -0.25) is 0 Å². The second-order valence-electron chi connectivity index (χ2n) is 5.21. The maximum atomic E-state index is 5.58. The highest BCUT2D eigenvalue weighted by Crippen LogP contribution is 2.49. The average Bonchev–Trinajstić information content (AvgIpc) is 2.96. The van der Waals surface area contributed by atoms with E-state index in [4.69, 9.17) is 9.47 Å². The summed E-state index contributed by atoms with van der Waals surface area (Å²) in [5.74, 6) is 2.64. The van der Waals surface area contributed by atoms with Gasteiger partial charge >= 0.3 is 0 Å². The van der Waals surface area contributed by atoms with Crippen molar-refractivity contribution < 1.29 is 9.47 Å². The van der Waals surface area contributed by atoms with Crippen molar-refractivity contribution in [2.24, 2.45) is 0 Å². The normalized spacial score (nSPS) is 23.6. The number of hydrogen-bond acceptors (Lipinski definition) is 4. The maximum absolute atomic E-state index is 5.58. The van der Waals surface area contributed by atoms with E-state index in [-0.39, 0.29) is 6.29 Å². The number of unbranched alkanes of at least 4 members (excludes halogenated alkanes) is 2. The van der Waals surface area contributed by atoms with E-state index in [0.29, 0.717) is 4.08 Å². The van der Waals surface area contributed by atoms with Crippen LogP contribution >= 0.6 is 23.5 Å². The molecular formula is C15H26O2S2. The number of allylic oxidation sites excluding steroid dienone is 1. The van der Waals surface area contributed by atoms with Gasteiger partial charge < -0.3 is 9.47 Å². The van der Waals surface area contributed by atoms with Crippen LogP contribution in [-0.4, -0.2) is 35.1 Å². The molecule has 0 aromatic carbocycles. The van der Waals surface area contributed by atoms with Gasteiger partial charge in [0.05, 0.1) is 17.3 Å². The summed E-state index contributed by atoms with van der Waals surface area (Å²) >= 11 is 4.36. The third-order valence-corrected chi connectivity index (χ3v) is 7.25. The van der Waals surface area contributed by atoms with Crippen LogP contribution in [0.4, 0.5) is 0 Å². The van der Waals surface area contributed by atoms with Gasteiger partial charge in [0.1, 0.15) is 0 Å². The number of thioether (sulfide) groups is 2. The molecule has 2 nitrogen and oxygen atoms in total. The van der Waals surface area contributed by atoms with Crippen molar-refractivity contribution in [3.63, 3.8) is 0 Å². The van der Waals surface area contributed by atoms with Crippen molar-refractivity contribution in [1.29, 1.82) is 0 Å². The molecule has 2 rings (SSSR count). The van der Waals surface area contributed by atoms with Crippen molar-refractivity contribution in [3.05, 3.63) is 12.7 Å². The van der Waals surface area contributed by atoms with Gasteiger partial charge in [-0.2, -0.15) is 0 Å². The lowest BCUT2D eigenvalue weighted by Crippen LogP contribution is -2.27. The third-order valence-electron chi connectivity index (χ3n) is 3.69. The highest BCUT2D eigenvalue weighted by Gasteiger charge is 2.34. The van der Waals surface area contributed by atoms with Crippen LogP contribution in [0.15, 0.2) is 12.7 Å². The fourth-order valence-corrected chi connectivity index (χ4v) is 6.06. The van der Waals surface area contributed by atoms with Crippen molar-refractivity contribution in [2.75, 3.05) is 24.7 Å². The summed E-state index contributed by atoms with van der Waals surface area (Å²) in [4.78, 5) is 0.